The molecule has 0 spiro atoms. The number of anilines is 1. The number of alkyl halides is 3. The average Bonchev–Trinajstić information content (AvgIpc) is 3.02. The summed E-state index contributed by atoms with van der Waals surface area (Å²) in [6.07, 6.45) is -3.33. The van der Waals surface area contributed by atoms with Gasteiger partial charge in [-0.25, -0.2) is 9.79 Å². The van der Waals surface area contributed by atoms with Gasteiger partial charge in [0.2, 0.25) is 11.8 Å². The molecular formula is C22H18F3N3O4S. The van der Waals surface area contributed by atoms with Gasteiger partial charge in [0.1, 0.15) is 5.25 Å². The lowest BCUT2D eigenvalue weighted by atomic mass is 10.2. The summed E-state index contributed by atoms with van der Waals surface area (Å²) in [5.74, 6) is -2.09. The maximum Gasteiger partial charge on any atom is 0.416 e. The van der Waals surface area contributed by atoms with Crippen molar-refractivity contribution in [1.29, 1.82) is 0 Å². The van der Waals surface area contributed by atoms with E-state index < -0.39 is 28.9 Å². The van der Waals surface area contributed by atoms with Crippen molar-refractivity contribution >= 4 is 46.1 Å². The Hall–Kier alpha value is -3.60. The van der Waals surface area contributed by atoms with Gasteiger partial charge < -0.3 is 10.4 Å². The number of amides is 2. The molecule has 0 saturated carbocycles. The number of carboxylic acids is 1. The number of nitrogens with zero attached hydrogens (tertiary/aromatic N) is 2. The highest BCUT2D eigenvalue weighted by molar-refractivity contribution is 8.15. The van der Waals surface area contributed by atoms with Crippen molar-refractivity contribution in [3.8, 4) is 0 Å². The summed E-state index contributed by atoms with van der Waals surface area (Å²) in [7, 11) is 0. The third-order valence-electron chi connectivity index (χ3n) is 4.52. The highest BCUT2D eigenvalue weighted by Gasteiger charge is 2.38. The summed E-state index contributed by atoms with van der Waals surface area (Å²) in [4.78, 5) is 41.9. The van der Waals surface area contributed by atoms with Crippen molar-refractivity contribution in [2.45, 2.75) is 17.8 Å². The number of amidine groups is 1. The SMILES string of the molecule is C=CCN1C(=O)C(CC(=O)Nc2cccc(C(F)(F)F)c2)SC1=Nc1ccc(C(=O)O)cc1. The van der Waals surface area contributed by atoms with Crippen LogP contribution in [0.15, 0.2) is 66.2 Å². The number of halogens is 3. The van der Waals surface area contributed by atoms with E-state index in [4.69, 9.17) is 5.11 Å². The molecule has 2 amide bonds. The van der Waals surface area contributed by atoms with Crippen LogP contribution in [0.4, 0.5) is 24.5 Å². The Balaban J connectivity index is 1.73. The third kappa shape index (κ3) is 6.01. The van der Waals surface area contributed by atoms with Crippen LogP contribution in [0.5, 0.6) is 0 Å². The lowest BCUT2D eigenvalue weighted by molar-refractivity contribution is -0.137. The number of aromatic carboxylic acids is 1. The van der Waals surface area contributed by atoms with E-state index in [1.54, 1.807) is 0 Å². The second-order valence-corrected chi connectivity index (χ2v) is 8.09. The highest BCUT2D eigenvalue weighted by Crippen LogP contribution is 2.33. The van der Waals surface area contributed by atoms with Crippen LogP contribution in [-0.4, -0.2) is 44.8 Å². The molecule has 1 fully saturated rings. The Morgan fingerprint density at radius 1 is 1.21 bits per heavy atom. The normalized spacial score (nSPS) is 17.3. The molecule has 0 aromatic heterocycles. The minimum absolute atomic E-state index is 0.0272. The lowest BCUT2D eigenvalue weighted by Gasteiger charge is -2.14. The fourth-order valence-electron chi connectivity index (χ4n) is 2.96. The predicted octanol–water partition coefficient (Wildman–Crippen LogP) is 4.55. The number of rotatable bonds is 7. The summed E-state index contributed by atoms with van der Waals surface area (Å²) in [6.45, 7) is 3.75. The van der Waals surface area contributed by atoms with Crippen molar-refractivity contribution < 1.29 is 32.7 Å². The Bertz CT molecular complexity index is 1120. The monoisotopic (exact) mass is 477 g/mol. The maximum atomic E-state index is 12.9. The van der Waals surface area contributed by atoms with E-state index in [0.29, 0.717) is 10.9 Å². The smallest absolute Gasteiger partial charge is 0.416 e. The van der Waals surface area contributed by atoms with Crippen LogP contribution in [0.1, 0.15) is 22.3 Å². The topological polar surface area (TPSA) is 99.1 Å². The molecular weight excluding hydrogens is 459 g/mol. The Kier molecular flexibility index (Phi) is 7.22. The van der Waals surface area contributed by atoms with Gasteiger partial charge in [-0.05, 0) is 42.5 Å². The van der Waals surface area contributed by atoms with Gasteiger partial charge in [0, 0.05) is 18.7 Å². The first-order valence-corrected chi connectivity index (χ1v) is 10.4. The standard InChI is InChI=1S/C22H18F3N3O4S/c1-2-10-28-19(30)17(33-21(28)27-15-8-6-13(7-9-15)20(31)32)12-18(29)26-16-5-3-4-14(11-16)22(23,24)25/h2-9,11,17H,1,10,12H2,(H,26,29)(H,31,32). The van der Waals surface area contributed by atoms with Crippen molar-refractivity contribution in [3.05, 3.63) is 72.3 Å². The molecule has 1 heterocycles. The van der Waals surface area contributed by atoms with Gasteiger partial charge in [-0.3, -0.25) is 14.5 Å². The van der Waals surface area contributed by atoms with E-state index in [0.717, 1.165) is 23.9 Å². The van der Waals surface area contributed by atoms with Gasteiger partial charge in [-0.2, -0.15) is 13.2 Å². The van der Waals surface area contributed by atoms with Crippen molar-refractivity contribution in [2.24, 2.45) is 4.99 Å². The molecule has 11 heteroatoms. The first kappa shape index (κ1) is 24.1. The van der Waals surface area contributed by atoms with Crippen LogP contribution >= 0.6 is 11.8 Å². The molecule has 2 aromatic rings. The molecule has 1 atom stereocenters. The van der Waals surface area contributed by atoms with Gasteiger partial charge >= 0.3 is 12.1 Å². The number of aliphatic imine (C=N–C) groups is 1. The van der Waals surface area contributed by atoms with E-state index in [1.807, 2.05) is 0 Å². The summed E-state index contributed by atoms with van der Waals surface area (Å²) in [5, 5.41) is 10.9. The van der Waals surface area contributed by atoms with Crippen molar-refractivity contribution in [1.82, 2.24) is 4.90 Å². The first-order chi connectivity index (χ1) is 15.6. The number of hydrogen-bond acceptors (Lipinski definition) is 5. The predicted molar refractivity (Wildman–Crippen MR) is 118 cm³/mol. The summed E-state index contributed by atoms with van der Waals surface area (Å²) in [6, 6.07) is 9.95. The van der Waals surface area contributed by atoms with Gasteiger partial charge in [-0.15, -0.1) is 6.58 Å². The second-order valence-electron chi connectivity index (χ2n) is 6.92. The number of thioether (sulfide) groups is 1. The van der Waals surface area contributed by atoms with Crippen LogP contribution in [-0.2, 0) is 15.8 Å². The van der Waals surface area contributed by atoms with E-state index >= 15 is 0 Å². The number of benzene rings is 2. The zero-order valence-corrected chi connectivity index (χ0v) is 17.8. The fourth-order valence-corrected chi connectivity index (χ4v) is 4.13. The second kappa shape index (κ2) is 9.90. The van der Waals surface area contributed by atoms with Crippen LogP contribution in [0, 0.1) is 0 Å². The van der Waals surface area contributed by atoms with Gasteiger partial charge in [0.15, 0.2) is 5.17 Å². The van der Waals surface area contributed by atoms with Gasteiger partial charge in [0.25, 0.3) is 0 Å². The van der Waals surface area contributed by atoms with Gasteiger partial charge in [0.05, 0.1) is 16.8 Å². The van der Waals surface area contributed by atoms with E-state index in [9.17, 15) is 27.6 Å². The van der Waals surface area contributed by atoms with Crippen LogP contribution in [0.2, 0.25) is 0 Å². The lowest BCUT2D eigenvalue weighted by Crippen LogP contribution is -2.33. The minimum atomic E-state index is -4.54. The molecule has 3 rings (SSSR count). The van der Waals surface area contributed by atoms with E-state index in [-0.39, 0.29) is 30.1 Å². The molecule has 7 nitrogen and oxygen atoms in total. The van der Waals surface area contributed by atoms with Crippen molar-refractivity contribution in [3.63, 3.8) is 0 Å². The molecule has 2 aromatic carbocycles. The summed E-state index contributed by atoms with van der Waals surface area (Å²) >= 11 is 1.04. The summed E-state index contributed by atoms with van der Waals surface area (Å²) < 4.78 is 38.6. The average molecular weight is 477 g/mol. The number of carboxylic acid groups (broad SMARTS) is 1. The number of carbonyl (C=O) groups is 3. The molecule has 1 aliphatic rings. The van der Waals surface area contributed by atoms with Crippen LogP contribution in [0.3, 0.4) is 0 Å². The van der Waals surface area contributed by atoms with E-state index in [2.05, 4.69) is 16.9 Å². The Labute approximate surface area is 191 Å². The fraction of sp³-hybridized carbons (Fsp3) is 0.182. The van der Waals surface area contributed by atoms with Gasteiger partial charge in [-0.1, -0.05) is 23.9 Å². The minimum Gasteiger partial charge on any atom is -0.478 e. The largest absolute Gasteiger partial charge is 0.478 e. The molecule has 1 unspecified atom stereocenters. The van der Waals surface area contributed by atoms with Crippen LogP contribution < -0.4 is 5.32 Å². The molecule has 0 bridgehead atoms. The molecule has 1 saturated heterocycles. The Morgan fingerprint density at radius 3 is 2.52 bits per heavy atom. The molecule has 0 aliphatic carbocycles. The maximum absolute atomic E-state index is 12.9. The van der Waals surface area contributed by atoms with E-state index in [1.165, 1.54) is 47.4 Å². The number of hydrogen-bond donors (Lipinski definition) is 2. The number of carbonyl (C=O) groups excluding carboxylic acids is 2. The summed E-state index contributed by atoms with van der Waals surface area (Å²) in [5.41, 5.74) is -0.424. The molecule has 33 heavy (non-hydrogen) atoms. The first-order valence-electron chi connectivity index (χ1n) is 9.56. The number of nitrogens with one attached hydrogen (secondary N) is 1. The zero-order valence-electron chi connectivity index (χ0n) is 17.0. The molecule has 172 valence electrons. The Morgan fingerprint density at radius 2 is 1.91 bits per heavy atom. The van der Waals surface area contributed by atoms with Crippen molar-refractivity contribution in [2.75, 3.05) is 11.9 Å². The third-order valence-corrected chi connectivity index (χ3v) is 5.69. The molecule has 2 N–H and O–H groups in total. The highest BCUT2D eigenvalue weighted by atomic mass is 32.2. The van der Waals surface area contributed by atoms with Crippen LogP contribution in [0.25, 0.3) is 0 Å². The molecule has 1 aliphatic heterocycles. The zero-order chi connectivity index (χ0) is 24.2. The molecule has 0 radical (unpaired) electrons. The quantitative estimate of drug-likeness (QED) is 0.570.